The molecule has 1 fully saturated rings. The van der Waals surface area contributed by atoms with Crippen LogP contribution in [0.4, 0.5) is 0 Å². The van der Waals surface area contributed by atoms with E-state index in [0.29, 0.717) is 13.0 Å². The van der Waals surface area contributed by atoms with Crippen molar-refractivity contribution in [1.29, 1.82) is 5.26 Å². The molecular weight excluding hydrogens is 236 g/mol. The summed E-state index contributed by atoms with van der Waals surface area (Å²) < 4.78 is 5.79. The molecule has 0 aromatic heterocycles. The van der Waals surface area contributed by atoms with E-state index in [9.17, 15) is 0 Å². The van der Waals surface area contributed by atoms with Crippen LogP contribution < -0.4 is 10.5 Å². The lowest BCUT2D eigenvalue weighted by Crippen LogP contribution is -2.21. The van der Waals surface area contributed by atoms with Crippen LogP contribution in [-0.4, -0.2) is 12.6 Å². The Kier molecular flexibility index (Phi) is 4.44. The maximum absolute atomic E-state index is 8.77. The lowest BCUT2D eigenvalue weighted by molar-refractivity contribution is 0.237. The van der Waals surface area contributed by atoms with Crippen LogP contribution >= 0.6 is 0 Å². The predicted molar refractivity (Wildman–Crippen MR) is 75.8 cm³/mol. The van der Waals surface area contributed by atoms with E-state index in [0.717, 1.165) is 31.4 Å². The smallest absolute Gasteiger partial charge is 0.119 e. The van der Waals surface area contributed by atoms with Gasteiger partial charge in [-0.25, -0.2) is 0 Å². The Bertz CT molecular complexity index is 443. The standard InChI is InChI=1S/C16H22N2O/c1-2-14(18)11-13-3-5-15(6-4-13)19-12-16(7-8-16)9-10-17/h3-6,14H,2,7-9,11-12,18H2,1H3. The van der Waals surface area contributed by atoms with Gasteiger partial charge < -0.3 is 10.5 Å². The van der Waals surface area contributed by atoms with Crippen LogP contribution in [0.25, 0.3) is 0 Å². The minimum Gasteiger partial charge on any atom is -0.493 e. The largest absolute Gasteiger partial charge is 0.493 e. The average molecular weight is 258 g/mol. The lowest BCUT2D eigenvalue weighted by atomic mass is 10.0. The lowest BCUT2D eigenvalue weighted by Gasteiger charge is -2.13. The number of hydrogen-bond acceptors (Lipinski definition) is 3. The number of nitriles is 1. The Morgan fingerprint density at radius 1 is 1.37 bits per heavy atom. The Morgan fingerprint density at radius 3 is 2.58 bits per heavy atom. The quantitative estimate of drug-likeness (QED) is 0.817. The molecule has 0 spiro atoms. The van der Waals surface area contributed by atoms with Crippen LogP contribution in [0, 0.1) is 16.7 Å². The highest BCUT2D eigenvalue weighted by atomic mass is 16.5. The molecule has 3 heteroatoms. The highest BCUT2D eigenvalue weighted by Gasteiger charge is 2.43. The zero-order chi connectivity index (χ0) is 13.7. The second-order valence-corrected chi connectivity index (χ2v) is 5.64. The molecule has 0 heterocycles. The van der Waals surface area contributed by atoms with Crippen LogP contribution in [0.1, 0.15) is 38.2 Å². The molecule has 1 unspecified atom stereocenters. The molecule has 1 aromatic carbocycles. The molecule has 3 nitrogen and oxygen atoms in total. The van der Waals surface area contributed by atoms with Crippen molar-refractivity contribution in [3.05, 3.63) is 29.8 Å². The van der Waals surface area contributed by atoms with Gasteiger partial charge in [0.15, 0.2) is 0 Å². The van der Waals surface area contributed by atoms with Gasteiger partial charge in [-0.15, -0.1) is 0 Å². The summed E-state index contributed by atoms with van der Waals surface area (Å²) in [6, 6.07) is 10.6. The first-order valence-corrected chi connectivity index (χ1v) is 7.02. The Morgan fingerprint density at radius 2 is 2.05 bits per heavy atom. The van der Waals surface area contributed by atoms with Crippen LogP contribution in [0.3, 0.4) is 0 Å². The normalized spacial score (nSPS) is 17.5. The average Bonchev–Trinajstić information content (AvgIpc) is 3.18. The maximum atomic E-state index is 8.77. The SMILES string of the molecule is CCC(N)Cc1ccc(OCC2(CC#N)CC2)cc1. The molecule has 0 bridgehead atoms. The molecule has 2 rings (SSSR count). The molecule has 1 aromatic rings. The fourth-order valence-electron chi connectivity index (χ4n) is 2.12. The fourth-order valence-corrected chi connectivity index (χ4v) is 2.12. The van der Waals surface area contributed by atoms with Crippen molar-refractivity contribution in [3.63, 3.8) is 0 Å². The van der Waals surface area contributed by atoms with E-state index < -0.39 is 0 Å². The van der Waals surface area contributed by atoms with Gasteiger partial charge in [0.05, 0.1) is 12.7 Å². The summed E-state index contributed by atoms with van der Waals surface area (Å²) in [4.78, 5) is 0. The van der Waals surface area contributed by atoms with Gasteiger partial charge in [-0.3, -0.25) is 0 Å². The summed E-state index contributed by atoms with van der Waals surface area (Å²) in [6.07, 6.45) is 4.74. The van der Waals surface area contributed by atoms with Crippen molar-refractivity contribution in [2.24, 2.45) is 11.1 Å². The molecule has 0 saturated heterocycles. The van der Waals surface area contributed by atoms with Crippen LogP contribution in [0.15, 0.2) is 24.3 Å². The van der Waals surface area contributed by atoms with Crippen molar-refractivity contribution in [3.8, 4) is 11.8 Å². The summed E-state index contributed by atoms with van der Waals surface area (Å²) in [5.74, 6) is 0.887. The molecule has 102 valence electrons. The number of nitrogens with two attached hydrogens (primary N) is 1. The molecule has 1 atom stereocenters. The highest BCUT2D eigenvalue weighted by molar-refractivity contribution is 5.28. The summed E-state index contributed by atoms with van der Waals surface area (Å²) in [7, 11) is 0. The van der Waals surface area contributed by atoms with Crippen molar-refractivity contribution < 1.29 is 4.74 Å². The van der Waals surface area contributed by atoms with Crippen molar-refractivity contribution in [2.75, 3.05) is 6.61 Å². The molecule has 0 aliphatic heterocycles. The molecule has 1 aliphatic rings. The molecule has 0 amide bonds. The first-order valence-electron chi connectivity index (χ1n) is 7.02. The second-order valence-electron chi connectivity index (χ2n) is 5.64. The van der Waals surface area contributed by atoms with E-state index >= 15 is 0 Å². The molecule has 19 heavy (non-hydrogen) atoms. The Hall–Kier alpha value is -1.53. The van der Waals surface area contributed by atoms with Gasteiger partial charge in [-0.1, -0.05) is 19.1 Å². The summed E-state index contributed by atoms with van der Waals surface area (Å²) in [6.45, 7) is 2.76. The zero-order valence-electron chi connectivity index (χ0n) is 11.6. The summed E-state index contributed by atoms with van der Waals surface area (Å²) in [5, 5.41) is 8.77. The summed E-state index contributed by atoms with van der Waals surface area (Å²) in [5.41, 5.74) is 7.33. The van der Waals surface area contributed by atoms with Gasteiger partial charge in [-0.2, -0.15) is 5.26 Å². The fraction of sp³-hybridized carbons (Fsp3) is 0.562. The Balaban J connectivity index is 1.84. The number of hydrogen-bond donors (Lipinski definition) is 1. The number of rotatable bonds is 7. The molecule has 1 saturated carbocycles. The van der Waals surface area contributed by atoms with Gasteiger partial charge in [0, 0.05) is 17.9 Å². The maximum Gasteiger partial charge on any atom is 0.119 e. The van der Waals surface area contributed by atoms with Gasteiger partial charge in [-0.05, 0) is 43.4 Å². The topological polar surface area (TPSA) is 59.0 Å². The van der Waals surface area contributed by atoms with Crippen molar-refractivity contribution >= 4 is 0 Å². The first-order chi connectivity index (χ1) is 9.17. The van der Waals surface area contributed by atoms with Gasteiger partial charge in [0.1, 0.15) is 5.75 Å². The molecule has 0 radical (unpaired) electrons. The van der Waals surface area contributed by atoms with E-state index in [4.69, 9.17) is 15.7 Å². The molecule has 1 aliphatic carbocycles. The molecular formula is C16H22N2O. The third-order valence-corrected chi connectivity index (χ3v) is 3.90. The first kappa shape index (κ1) is 13.9. The zero-order valence-corrected chi connectivity index (χ0v) is 11.6. The van der Waals surface area contributed by atoms with Crippen LogP contribution in [-0.2, 0) is 6.42 Å². The predicted octanol–water partition coefficient (Wildman–Crippen LogP) is 3.04. The second kappa shape index (κ2) is 6.08. The van der Waals surface area contributed by atoms with E-state index in [1.165, 1.54) is 5.56 Å². The highest BCUT2D eigenvalue weighted by Crippen LogP contribution is 2.48. The number of benzene rings is 1. The monoisotopic (exact) mass is 258 g/mol. The van der Waals surface area contributed by atoms with Gasteiger partial charge in [0.25, 0.3) is 0 Å². The Labute approximate surface area is 115 Å². The third kappa shape index (κ3) is 3.97. The number of nitrogens with zero attached hydrogens (tertiary/aromatic N) is 1. The van der Waals surface area contributed by atoms with E-state index in [1.807, 2.05) is 12.1 Å². The van der Waals surface area contributed by atoms with Crippen molar-refractivity contribution in [2.45, 2.75) is 45.1 Å². The van der Waals surface area contributed by atoms with Crippen LogP contribution in [0.5, 0.6) is 5.75 Å². The van der Waals surface area contributed by atoms with E-state index in [2.05, 4.69) is 25.1 Å². The van der Waals surface area contributed by atoms with Gasteiger partial charge in [0.2, 0.25) is 0 Å². The number of ether oxygens (including phenoxy) is 1. The molecule has 2 N–H and O–H groups in total. The minimum atomic E-state index is 0.137. The van der Waals surface area contributed by atoms with Gasteiger partial charge >= 0.3 is 0 Å². The minimum absolute atomic E-state index is 0.137. The summed E-state index contributed by atoms with van der Waals surface area (Å²) >= 11 is 0. The van der Waals surface area contributed by atoms with E-state index in [-0.39, 0.29) is 11.5 Å². The third-order valence-electron chi connectivity index (χ3n) is 3.90. The van der Waals surface area contributed by atoms with Crippen molar-refractivity contribution in [1.82, 2.24) is 0 Å². The van der Waals surface area contributed by atoms with E-state index in [1.54, 1.807) is 0 Å². The van der Waals surface area contributed by atoms with Crippen LogP contribution in [0.2, 0.25) is 0 Å².